The van der Waals surface area contributed by atoms with E-state index in [0.29, 0.717) is 23.8 Å². The zero-order valence-corrected chi connectivity index (χ0v) is 12.6. The van der Waals surface area contributed by atoms with Crippen LogP contribution < -0.4 is 0 Å². The van der Waals surface area contributed by atoms with Crippen molar-refractivity contribution in [2.45, 2.75) is 19.0 Å². The molecule has 1 saturated carbocycles. The Labute approximate surface area is 135 Å². The highest BCUT2D eigenvalue weighted by atomic mass is 19.3. The van der Waals surface area contributed by atoms with Crippen molar-refractivity contribution >= 4 is 5.71 Å². The zero-order valence-electron chi connectivity index (χ0n) is 12.6. The summed E-state index contributed by atoms with van der Waals surface area (Å²) in [5, 5.41) is 3.62. The minimum atomic E-state index is -4.17. The van der Waals surface area contributed by atoms with E-state index in [4.69, 9.17) is 0 Å². The molecule has 24 heavy (non-hydrogen) atoms. The topological polar surface area (TPSA) is 24.8 Å². The number of nitrogens with zero attached hydrogens (tertiary/aromatic N) is 2. The minimum absolute atomic E-state index is 0.0712. The molecule has 0 aromatic heterocycles. The van der Waals surface area contributed by atoms with Crippen molar-refractivity contribution in [2.24, 2.45) is 22.9 Å². The Hall–Kier alpha value is -1.70. The molecule has 0 radical (unpaired) electrons. The molecule has 1 aromatic carbocycles. The second kappa shape index (κ2) is 5.40. The predicted molar refractivity (Wildman–Crippen MR) is 74.9 cm³/mol. The van der Waals surface area contributed by atoms with E-state index in [1.54, 1.807) is 0 Å². The van der Waals surface area contributed by atoms with Crippen molar-refractivity contribution in [3.8, 4) is 0 Å². The van der Waals surface area contributed by atoms with Gasteiger partial charge in [-0.05, 0) is 30.9 Å². The Morgan fingerprint density at radius 1 is 1.00 bits per heavy atom. The fraction of sp³-hybridized carbons (Fsp3) is 0.562. The summed E-state index contributed by atoms with van der Waals surface area (Å²) >= 11 is 0. The highest BCUT2D eigenvalue weighted by molar-refractivity contribution is 5.90. The van der Waals surface area contributed by atoms with Crippen LogP contribution in [0.2, 0.25) is 0 Å². The first kappa shape index (κ1) is 15.8. The van der Waals surface area contributed by atoms with Gasteiger partial charge in [-0.3, -0.25) is 0 Å². The Bertz CT molecular complexity index is 676. The summed E-state index contributed by atoms with van der Waals surface area (Å²) in [5.74, 6) is -4.75. The second-order valence-corrected chi connectivity index (χ2v) is 6.80. The van der Waals surface area contributed by atoms with E-state index in [0.717, 1.165) is 32.5 Å². The summed E-state index contributed by atoms with van der Waals surface area (Å²) in [6.45, 7) is 2.57. The fourth-order valence-electron chi connectivity index (χ4n) is 4.23. The lowest BCUT2D eigenvalue weighted by Crippen LogP contribution is -2.58. The highest BCUT2D eigenvalue weighted by Gasteiger charge is 2.47. The Morgan fingerprint density at radius 2 is 1.67 bits per heavy atom. The van der Waals surface area contributed by atoms with E-state index in [1.807, 2.05) is 0 Å². The molecule has 8 heteroatoms. The van der Waals surface area contributed by atoms with Crippen molar-refractivity contribution < 1.29 is 26.8 Å². The van der Waals surface area contributed by atoms with Crippen LogP contribution in [-0.4, -0.2) is 30.2 Å². The smallest absolute Gasteiger partial charge is 0.318 e. The Morgan fingerprint density at radius 3 is 2.29 bits per heavy atom. The predicted octanol–water partition coefficient (Wildman–Crippen LogP) is 3.50. The van der Waals surface area contributed by atoms with Gasteiger partial charge in [-0.15, -0.1) is 0 Å². The van der Waals surface area contributed by atoms with Gasteiger partial charge in [0.1, 0.15) is 5.56 Å². The van der Waals surface area contributed by atoms with Crippen LogP contribution in [0, 0.1) is 35.2 Å². The summed E-state index contributed by atoms with van der Waals surface area (Å²) in [7, 11) is 0. The number of hydrogen-bond donors (Lipinski definition) is 0. The molecule has 3 saturated heterocycles. The maximum atomic E-state index is 14.1. The quantitative estimate of drug-likeness (QED) is 0.475. The van der Waals surface area contributed by atoms with Crippen LogP contribution in [0.4, 0.5) is 22.0 Å². The summed E-state index contributed by atoms with van der Waals surface area (Å²) in [6.07, 6.45) is -2.39. The molecule has 0 spiro atoms. The molecule has 0 amide bonds. The van der Waals surface area contributed by atoms with Crippen LogP contribution in [0.3, 0.4) is 0 Å². The number of oxime groups is 1. The van der Waals surface area contributed by atoms with Gasteiger partial charge >= 0.3 is 6.11 Å². The molecule has 3 nitrogen and oxygen atoms in total. The second-order valence-electron chi connectivity index (χ2n) is 6.80. The third-order valence-corrected chi connectivity index (χ3v) is 5.16. The monoisotopic (exact) mass is 346 g/mol. The molecule has 130 valence electrons. The molecule has 2 atom stereocenters. The number of rotatable bonds is 3. The molecule has 1 aromatic rings. The lowest BCUT2D eigenvalue weighted by molar-refractivity contribution is -0.252. The van der Waals surface area contributed by atoms with Gasteiger partial charge in [-0.2, -0.15) is 8.78 Å². The number of halogens is 5. The zero-order chi connectivity index (χ0) is 17.1. The molecule has 4 aliphatic rings. The van der Waals surface area contributed by atoms with Crippen molar-refractivity contribution in [1.29, 1.82) is 0 Å². The molecule has 1 aliphatic carbocycles. The van der Waals surface area contributed by atoms with Crippen molar-refractivity contribution in [3.05, 3.63) is 35.1 Å². The molecule has 2 unspecified atom stereocenters. The molecule has 3 aliphatic heterocycles. The molecular weight excluding hydrogens is 331 g/mol. The maximum absolute atomic E-state index is 14.1. The fourth-order valence-corrected chi connectivity index (χ4v) is 4.23. The standard InChI is InChI=1S/C16H15F5N2O/c17-12-2-1-11(13(18)14(12)19)16(20,21)24-22-15-9-3-8-4-10(15)7-23(5-8)6-9/h1-2,8-10H,3-7H2. The van der Waals surface area contributed by atoms with Gasteiger partial charge in [-0.1, -0.05) is 5.16 Å². The average molecular weight is 346 g/mol. The number of benzene rings is 1. The first-order valence-electron chi connectivity index (χ1n) is 7.85. The van der Waals surface area contributed by atoms with Crippen LogP contribution in [-0.2, 0) is 10.9 Å². The Kier molecular flexibility index (Phi) is 3.56. The van der Waals surface area contributed by atoms with E-state index < -0.39 is 29.1 Å². The average Bonchev–Trinajstić information content (AvgIpc) is 2.51. The summed E-state index contributed by atoms with van der Waals surface area (Å²) in [4.78, 5) is 6.62. The SMILES string of the molecule is Fc1ccc(C(F)(F)ON=C2C3CC4CC2CN(C4)C3)c(F)c1F. The normalized spacial score (nSPS) is 31.5. The largest absolute Gasteiger partial charge is 0.449 e. The molecule has 5 rings (SSSR count). The van der Waals surface area contributed by atoms with Gasteiger partial charge in [0.2, 0.25) is 0 Å². The van der Waals surface area contributed by atoms with E-state index in [2.05, 4.69) is 14.9 Å². The maximum Gasteiger partial charge on any atom is 0.449 e. The van der Waals surface area contributed by atoms with Gasteiger partial charge in [0.15, 0.2) is 17.5 Å². The van der Waals surface area contributed by atoms with Crippen LogP contribution in [0.15, 0.2) is 17.3 Å². The molecule has 3 heterocycles. The summed E-state index contributed by atoms with van der Waals surface area (Å²) in [5.41, 5.74) is -0.789. The first-order chi connectivity index (χ1) is 11.3. The third-order valence-electron chi connectivity index (χ3n) is 5.16. The van der Waals surface area contributed by atoms with Gasteiger partial charge in [-0.25, -0.2) is 13.2 Å². The number of hydrogen-bond acceptors (Lipinski definition) is 3. The molecule has 4 fully saturated rings. The van der Waals surface area contributed by atoms with Crippen LogP contribution in [0.1, 0.15) is 18.4 Å². The van der Waals surface area contributed by atoms with Crippen LogP contribution in [0.25, 0.3) is 0 Å². The van der Waals surface area contributed by atoms with Gasteiger partial charge in [0.05, 0.1) is 5.71 Å². The van der Waals surface area contributed by atoms with Gasteiger partial charge < -0.3 is 9.74 Å². The van der Waals surface area contributed by atoms with Crippen molar-refractivity contribution in [1.82, 2.24) is 4.90 Å². The van der Waals surface area contributed by atoms with E-state index in [9.17, 15) is 22.0 Å². The number of alkyl halides is 2. The lowest BCUT2D eigenvalue weighted by Gasteiger charge is -2.51. The number of piperidine rings is 3. The third kappa shape index (κ3) is 2.47. The van der Waals surface area contributed by atoms with E-state index >= 15 is 0 Å². The van der Waals surface area contributed by atoms with Gasteiger partial charge in [0.25, 0.3) is 0 Å². The van der Waals surface area contributed by atoms with Crippen molar-refractivity contribution in [3.63, 3.8) is 0 Å². The van der Waals surface area contributed by atoms with Gasteiger partial charge in [0, 0.05) is 31.5 Å². The van der Waals surface area contributed by atoms with Crippen LogP contribution >= 0.6 is 0 Å². The highest BCUT2D eigenvalue weighted by Crippen LogP contribution is 2.42. The summed E-state index contributed by atoms with van der Waals surface area (Å²) in [6, 6.07) is 0.908. The summed E-state index contributed by atoms with van der Waals surface area (Å²) < 4.78 is 67.8. The van der Waals surface area contributed by atoms with E-state index in [1.165, 1.54) is 0 Å². The molecular formula is C16H15F5N2O. The lowest BCUT2D eigenvalue weighted by atomic mass is 9.67. The molecule has 4 bridgehead atoms. The van der Waals surface area contributed by atoms with E-state index in [-0.39, 0.29) is 11.8 Å². The van der Waals surface area contributed by atoms with Crippen LogP contribution in [0.5, 0.6) is 0 Å². The Balaban J connectivity index is 1.57. The minimum Gasteiger partial charge on any atom is -0.318 e. The molecule has 0 N–H and O–H groups in total. The van der Waals surface area contributed by atoms with Crippen molar-refractivity contribution in [2.75, 3.05) is 19.6 Å². The first-order valence-corrected chi connectivity index (χ1v) is 7.85.